The molecule has 0 bridgehead atoms. The van der Waals surface area contributed by atoms with E-state index in [0.29, 0.717) is 12.0 Å². The second kappa shape index (κ2) is 4.11. The molecule has 3 heteroatoms. The Hall–Kier alpha value is -2.21. The van der Waals surface area contributed by atoms with Gasteiger partial charge in [-0.1, -0.05) is 18.2 Å². The fourth-order valence-corrected chi connectivity index (χ4v) is 1.65. The number of terminal acetylenes is 1. The van der Waals surface area contributed by atoms with Crippen LogP contribution in [0.15, 0.2) is 35.1 Å². The molecule has 2 aromatic rings. The SMILES string of the molecule is C#CCc1c(C)[nH]n(-c2ccccc2)c1=O. The maximum absolute atomic E-state index is 12.0. The van der Waals surface area contributed by atoms with Gasteiger partial charge in [0.25, 0.3) is 5.56 Å². The molecule has 0 saturated carbocycles. The van der Waals surface area contributed by atoms with Crippen molar-refractivity contribution in [2.75, 3.05) is 0 Å². The average molecular weight is 212 g/mol. The number of para-hydroxylation sites is 1. The lowest BCUT2D eigenvalue weighted by Gasteiger charge is -1.99. The number of hydrogen-bond donors (Lipinski definition) is 1. The van der Waals surface area contributed by atoms with Crippen LogP contribution in [0.4, 0.5) is 0 Å². The molecule has 0 aliphatic carbocycles. The summed E-state index contributed by atoms with van der Waals surface area (Å²) in [4.78, 5) is 12.0. The van der Waals surface area contributed by atoms with Gasteiger partial charge in [0.15, 0.2) is 0 Å². The molecule has 1 heterocycles. The highest BCUT2D eigenvalue weighted by Gasteiger charge is 2.10. The van der Waals surface area contributed by atoms with Crippen LogP contribution in [0.5, 0.6) is 0 Å². The number of aromatic nitrogens is 2. The summed E-state index contributed by atoms with van der Waals surface area (Å²) in [5.41, 5.74) is 2.23. The van der Waals surface area contributed by atoms with Crippen LogP contribution in [0.2, 0.25) is 0 Å². The van der Waals surface area contributed by atoms with Crippen molar-refractivity contribution in [3.8, 4) is 18.0 Å². The zero-order valence-electron chi connectivity index (χ0n) is 9.03. The lowest BCUT2D eigenvalue weighted by Crippen LogP contribution is -2.16. The summed E-state index contributed by atoms with van der Waals surface area (Å²) < 4.78 is 1.52. The average Bonchev–Trinajstić information content (AvgIpc) is 2.59. The number of aromatic amines is 1. The van der Waals surface area contributed by atoms with Gasteiger partial charge >= 0.3 is 0 Å². The standard InChI is InChI=1S/C13H12N2O/c1-3-7-12-10(2)14-15(13(12)16)11-8-5-4-6-9-11/h1,4-6,8-9,14H,7H2,2H3. The van der Waals surface area contributed by atoms with Crippen molar-refractivity contribution in [1.82, 2.24) is 9.78 Å². The molecule has 1 aromatic heterocycles. The number of nitrogens with one attached hydrogen (secondary N) is 1. The zero-order valence-corrected chi connectivity index (χ0v) is 9.03. The monoisotopic (exact) mass is 212 g/mol. The summed E-state index contributed by atoms with van der Waals surface area (Å²) in [5, 5.41) is 3.02. The van der Waals surface area contributed by atoms with Crippen molar-refractivity contribution in [1.29, 1.82) is 0 Å². The van der Waals surface area contributed by atoms with E-state index in [2.05, 4.69) is 11.0 Å². The van der Waals surface area contributed by atoms with Gasteiger partial charge in [0.1, 0.15) is 0 Å². The topological polar surface area (TPSA) is 37.8 Å². The van der Waals surface area contributed by atoms with E-state index in [1.165, 1.54) is 4.68 Å². The minimum atomic E-state index is -0.0679. The van der Waals surface area contributed by atoms with E-state index in [1.54, 1.807) is 0 Å². The Balaban J connectivity index is 2.57. The van der Waals surface area contributed by atoms with Crippen LogP contribution in [0.3, 0.4) is 0 Å². The van der Waals surface area contributed by atoms with Gasteiger partial charge in [-0.3, -0.25) is 9.89 Å². The van der Waals surface area contributed by atoms with E-state index < -0.39 is 0 Å². The lowest BCUT2D eigenvalue weighted by molar-refractivity contribution is 0.835. The molecule has 0 saturated heterocycles. The number of aryl methyl sites for hydroxylation is 1. The highest BCUT2D eigenvalue weighted by Crippen LogP contribution is 2.06. The number of nitrogens with zero attached hydrogens (tertiary/aromatic N) is 1. The first kappa shape index (κ1) is 10.3. The Morgan fingerprint density at radius 1 is 1.38 bits per heavy atom. The maximum Gasteiger partial charge on any atom is 0.275 e. The van der Waals surface area contributed by atoms with Crippen LogP contribution in [-0.2, 0) is 6.42 Å². The van der Waals surface area contributed by atoms with Crippen molar-refractivity contribution in [2.45, 2.75) is 13.3 Å². The number of hydrogen-bond acceptors (Lipinski definition) is 1. The minimum Gasteiger partial charge on any atom is -0.295 e. The molecule has 1 N–H and O–H groups in total. The molecule has 0 aliphatic heterocycles. The first-order valence-electron chi connectivity index (χ1n) is 5.03. The molecular formula is C13H12N2O. The molecule has 0 unspecified atom stereocenters. The highest BCUT2D eigenvalue weighted by atomic mass is 16.1. The molecule has 0 radical (unpaired) electrons. The van der Waals surface area contributed by atoms with E-state index in [4.69, 9.17) is 6.42 Å². The number of H-pyrrole nitrogens is 1. The fraction of sp³-hybridized carbons (Fsp3) is 0.154. The molecule has 3 nitrogen and oxygen atoms in total. The summed E-state index contributed by atoms with van der Waals surface area (Å²) in [6.45, 7) is 1.85. The van der Waals surface area contributed by atoms with Gasteiger partial charge in [0.05, 0.1) is 11.3 Å². The molecule has 0 amide bonds. The Bertz CT molecular complexity index is 585. The van der Waals surface area contributed by atoms with Crippen LogP contribution < -0.4 is 5.56 Å². The van der Waals surface area contributed by atoms with E-state index >= 15 is 0 Å². The van der Waals surface area contributed by atoms with Crippen molar-refractivity contribution >= 4 is 0 Å². The second-order valence-corrected chi connectivity index (χ2v) is 3.57. The zero-order chi connectivity index (χ0) is 11.5. The Morgan fingerprint density at radius 2 is 2.06 bits per heavy atom. The molecule has 0 atom stereocenters. The van der Waals surface area contributed by atoms with Crippen molar-refractivity contribution < 1.29 is 0 Å². The van der Waals surface area contributed by atoms with Crippen molar-refractivity contribution in [3.05, 3.63) is 51.9 Å². The van der Waals surface area contributed by atoms with Gasteiger partial charge < -0.3 is 0 Å². The Morgan fingerprint density at radius 3 is 2.69 bits per heavy atom. The lowest BCUT2D eigenvalue weighted by atomic mass is 10.2. The van der Waals surface area contributed by atoms with E-state index in [-0.39, 0.29) is 5.56 Å². The summed E-state index contributed by atoms with van der Waals surface area (Å²) >= 11 is 0. The van der Waals surface area contributed by atoms with Crippen molar-refractivity contribution in [2.24, 2.45) is 0 Å². The van der Waals surface area contributed by atoms with E-state index in [0.717, 1.165) is 11.4 Å². The number of benzene rings is 1. The fourth-order valence-electron chi connectivity index (χ4n) is 1.65. The van der Waals surface area contributed by atoms with E-state index in [1.807, 2.05) is 37.3 Å². The van der Waals surface area contributed by atoms with Gasteiger partial charge in [-0.15, -0.1) is 12.3 Å². The first-order valence-corrected chi connectivity index (χ1v) is 5.03. The molecule has 1 aromatic carbocycles. The quantitative estimate of drug-likeness (QED) is 0.755. The third-order valence-electron chi connectivity index (χ3n) is 2.49. The molecule has 0 fully saturated rings. The molecule has 2 rings (SSSR count). The van der Waals surface area contributed by atoms with E-state index in [9.17, 15) is 4.79 Å². The molecular weight excluding hydrogens is 200 g/mol. The Labute approximate surface area is 93.7 Å². The van der Waals surface area contributed by atoms with Gasteiger partial charge in [0.2, 0.25) is 0 Å². The smallest absolute Gasteiger partial charge is 0.275 e. The predicted molar refractivity (Wildman–Crippen MR) is 63.7 cm³/mol. The first-order chi connectivity index (χ1) is 7.74. The molecule has 0 spiro atoms. The summed E-state index contributed by atoms with van der Waals surface area (Å²) in [6.07, 6.45) is 5.60. The molecule has 80 valence electrons. The second-order valence-electron chi connectivity index (χ2n) is 3.57. The molecule has 0 aliphatic rings. The summed E-state index contributed by atoms with van der Waals surface area (Å²) in [6, 6.07) is 9.43. The minimum absolute atomic E-state index is 0.0679. The van der Waals surface area contributed by atoms with Crippen LogP contribution in [0.25, 0.3) is 5.69 Å². The van der Waals surface area contributed by atoms with Gasteiger partial charge in [-0.25, -0.2) is 4.68 Å². The van der Waals surface area contributed by atoms with Crippen LogP contribution >= 0.6 is 0 Å². The normalized spacial score (nSPS) is 10.0. The van der Waals surface area contributed by atoms with Crippen molar-refractivity contribution in [3.63, 3.8) is 0 Å². The third kappa shape index (κ3) is 1.66. The van der Waals surface area contributed by atoms with Gasteiger partial charge in [-0.05, 0) is 19.1 Å². The predicted octanol–water partition coefficient (Wildman–Crippen LogP) is 1.65. The summed E-state index contributed by atoms with van der Waals surface area (Å²) in [5.74, 6) is 2.50. The maximum atomic E-state index is 12.0. The number of rotatable bonds is 2. The van der Waals surface area contributed by atoms with Crippen LogP contribution in [0.1, 0.15) is 11.3 Å². The van der Waals surface area contributed by atoms with Gasteiger partial charge in [-0.2, -0.15) is 0 Å². The summed E-state index contributed by atoms with van der Waals surface area (Å²) in [7, 11) is 0. The van der Waals surface area contributed by atoms with Crippen LogP contribution in [-0.4, -0.2) is 9.78 Å². The largest absolute Gasteiger partial charge is 0.295 e. The third-order valence-corrected chi connectivity index (χ3v) is 2.49. The van der Waals surface area contributed by atoms with Gasteiger partial charge in [0, 0.05) is 12.1 Å². The highest BCUT2D eigenvalue weighted by molar-refractivity contribution is 5.33. The van der Waals surface area contributed by atoms with Crippen LogP contribution in [0, 0.1) is 19.3 Å². The molecule has 16 heavy (non-hydrogen) atoms. The Kier molecular flexibility index (Phi) is 2.65.